The van der Waals surface area contributed by atoms with Gasteiger partial charge >= 0.3 is 0 Å². The van der Waals surface area contributed by atoms with Crippen molar-refractivity contribution in [2.45, 2.75) is 32.7 Å². The molecule has 0 unspecified atom stereocenters. The number of carbonyl (C=O) groups is 1. The van der Waals surface area contributed by atoms with Crippen LogP contribution >= 0.6 is 0 Å². The molecular weight excluding hydrogens is 288 g/mol. The zero-order chi connectivity index (χ0) is 16.4. The first-order valence-corrected chi connectivity index (χ1v) is 8.23. The van der Waals surface area contributed by atoms with E-state index < -0.39 is 0 Å². The Hall–Kier alpha value is -2.14. The van der Waals surface area contributed by atoms with Gasteiger partial charge in [0.1, 0.15) is 0 Å². The van der Waals surface area contributed by atoms with E-state index in [1.165, 1.54) is 0 Å². The molecule has 0 spiro atoms. The second-order valence-electron chi connectivity index (χ2n) is 6.42. The number of piperidine rings is 1. The normalized spacial score (nSPS) is 19.6. The lowest BCUT2D eigenvalue weighted by Crippen LogP contribution is -2.45. The van der Waals surface area contributed by atoms with Gasteiger partial charge < -0.3 is 10.6 Å². The molecule has 0 aliphatic carbocycles. The summed E-state index contributed by atoms with van der Waals surface area (Å²) < 4.78 is 1.77. The fourth-order valence-corrected chi connectivity index (χ4v) is 3.18. The molecule has 2 heterocycles. The average molecular weight is 312 g/mol. The van der Waals surface area contributed by atoms with Gasteiger partial charge in [0, 0.05) is 25.3 Å². The van der Waals surface area contributed by atoms with Crippen LogP contribution in [0.15, 0.2) is 36.5 Å². The molecule has 0 saturated carbocycles. The Balaban J connectivity index is 1.81. The maximum Gasteiger partial charge on any atom is 0.257 e. The summed E-state index contributed by atoms with van der Waals surface area (Å²) in [6.45, 7) is 5.46. The van der Waals surface area contributed by atoms with Crippen LogP contribution in [0, 0.1) is 12.8 Å². The maximum absolute atomic E-state index is 12.9. The van der Waals surface area contributed by atoms with Crippen LogP contribution in [0.2, 0.25) is 0 Å². The average Bonchev–Trinajstić information content (AvgIpc) is 2.97. The van der Waals surface area contributed by atoms with Crippen LogP contribution in [-0.2, 0) is 0 Å². The van der Waals surface area contributed by atoms with Gasteiger partial charge in [-0.3, -0.25) is 4.79 Å². The molecule has 1 fully saturated rings. The standard InChI is InChI=1S/C18H24N4O/c1-13(19)15-7-6-10-21(11-15)18(23)17-12-22(20-14(17)2)16-8-4-3-5-9-16/h3-5,8-9,12-13,15H,6-7,10-11,19H2,1-2H3/t13-,15+/m1/s1. The van der Waals surface area contributed by atoms with Gasteiger partial charge in [-0.2, -0.15) is 5.10 Å². The second kappa shape index (κ2) is 6.54. The van der Waals surface area contributed by atoms with Gasteiger partial charge in [-0.25, -0.2) is 4.68 Å². The minimum Gasteiger partial charge on any atom is -0.338 e. The Morgan fingerprint density at radius 2 is 2.09 bits per heavy atom. The lowest BCUT2D eigenvalue weighted by Gasteiger charge is -2.34. The molecule has 23 heavy (non-hydrogen) atoms. The van der Waals surface area contributed by atoms with E-state index in [0.29, 0.717) is 11.5 Å². The van der Waals surface area contributed by atoms with Gasteiger partial charge in [0.15, 0.2) is 0 Å². The highest BCUT2D eigenvalue weighted by atomic mass is 16.2. The molecule has 0 bridgehead atoms. The van der Waals surface area contributed by atoms with Crippen molar-refractivity contribution in [1.82, 2.24) is 14.7 Å². The number of hydrogen-bond donors (Lipinski definition) is 1. The summed E-state index contributed by atoms with van der Waals surface area (Å²) in [6.07, 6.45) is 3.95. The summed E-state index contributed by atoms with van der Waals surface area (Å²) in [5.74, 6) is 0.451. The number of hydrogen-bond acceptors (Lipinski definition) is 3. The quantitative estimate of drug-likeness (QED) is 0.946. The van der Waals surface area contributed by atoms with Crippen molar-refractivity contribution in [1.29, 1.82) is 0 Å². The van der Waals surface area contributed by atoms with E-state index >= 15 is 0 Å². The number of nitrogens with zero attached hydrogens (tertiary/aromatic N) is 3. The first-order chi connectivity index (χ1) is 11.1. The monoisotopic (exact) mass is 312 g/mol. The summed E-state index contributed by atoms with van der Waals surface area (Å²) in [7, 11) is 0. The van der Waals surface area contributed by atoms with Crippen molar-refractivity contribution >= 4 is 5.91 Å². The van der Waals surface area contributed by atoms with Gasteiger partial charge in [-0.05, 0) is 44.7 Å². The van der Waals surface area contributed by atoms with E-state index in [2.05, 4.69) is 5.10 Å². The summed E-state index contributed by atoms with van der Waals surface area (Å²) >= 11 is 0. The molecule has 0 radical (unpaired) electrons. The van der Waals surface area contributed by atoms with Crippen LogP contribution in [0.4, 0.5) is 0 Å². The SMILES string of the molecule is Cc1nn(-c2ccccc2)cc1C(=O)N1CCC[C@H]([C@@H](C)N)C1. The van der Waals surface area contributed by atoms with Gasteiger partial charge in [-0.15, -0.1) is 0 Å². The van der Waals surface area contributed by atoms with Gasteiger partial charge in [-0.1, -0.05) is 18.2 Å². The molecule has 5 heteroatoms. The molecule has 2 N–H and O–H groups in total. The number of rotatable bonds is 3. The summed E-state index contributed by atoms with van der Waals surface area (Å²) in [5, 5.41) is 4.50. The highest BCUT2D eigenvalue weighted by Gasteiger charge is 2.28. The molecule has 1 aromatic heterocycles. The van der Waals surface area contributed by atoms with E-state index in [1.807, 2.05) is 55.3 Å². The molecule has 2 atom stereocenters. The summed E-state index contributed by atoms with van der Waals surface area (Å²) in [6, 6.07) is 9.98. The third-order valence-electron chi connectivity index (χ3n) is 4.64. The number of benzene rings is 1. The molecule has 1 aliphatic rings. The minimum absolute atomic E-state index is 0.0648. The Labute approximate surface area is 137 Å². The molecule has 1 aromatic carbocycles. The van der Waals surface area contributed by atoms with Gasteiger partial charge in [0.05, 0.1) is 16.9 Å². The lowest BCUT2D eigenvalue weighted by molar-refractivity contribution is 0.0660. The van der Waals surface area contributed by atoms with E-state index in [0.717, 1.165) is 37.3 Å². The van der Waals surface area contributed by atoms with Crippen LogP contribution in [0.1, 0.15) is 35.8 Å². The molecule has 3 rings (SSSR count). The molecule has 5 nitrogen and oxygen atoms in total. The Morgan fingerprint density at radius 1 is 1.35 bits per heavy atom. The molecule has 2 aromatic rings. The van der Waals surface area contributed by atoms with Crippen LogP contribution in [0.5, 0.6) is 0 Å². The van der Waals surface area contributed by atoms with Crippen molar-refractivity contribution in [3.63, 3.8) is 0 Å². The van der Waals surface area contributed by atoms with Crippen LogP contribution in [-0.4, -0.2) is 39.7 Å². The van der Waals surface area contributed by atoms with E-state index in [4.69, 9.17) is 5.73 Å². The van der Waals surface area contributed by atoms with Crippen LogP contribution in [0.25, 0.3) is 5.69 Å². The van der Waals surface area contributed by atoms with Crippen molar-refractivity contribution in [2.75, 3.05) is 13.1 Å². The lowest BCUT2D eigenvalue weighted by atomic mass is 9.92. The molecule has 1 saturated heterocycles. The van der Waals surface area contributed by atoms with Gasteiger partial charge in [0.25, 0.3) is 5.91 Å². The number of para-hydroxylation sites is 1. The predicted octanol–water partition coefficient (Wildman–Crippen LogP) is 2.38. The van der Waals surface area contributed by atoms with E-state index in [-0.39, 0.29) is 11.9 Å². The van der Waals surface area contributed by atoms with Crippen LogP contribution < -0.4 is 5.73 Å². The number of likely N-dealkylation sites (tertiary alicyclic amines) is 1. The Morgan fingerprint density at radius 3 is 2.78 bits per heavy atom. The fraction of sp³-hybridized carbons (Fsp3) is 0.444. The number of aromatic nitrogens is 2. The second-order valence-corrected chi connectivity index (χ2v) is 6.42. The minimum atomic E-state index is 0.0648. The maximum atomic E-state index is 12.9. The van der Waals surface area contributed by atoms with Gasteiger partial charge in [0.2, 0.25) is 0 Å². The van der Waals surface area contributed by atoms with E-state index in [1.54, 1.807) is 4.68 Å². The molecule has 1 aliphatic heterocycles. The van der Waals surface area contributed by atoms with Crippen molar-refractivity contribution in [3.8, 4) is 5.69 Å². The number of aryl methyl sites for hydroxylation is 1. The fourth-order valence-electron chi connectivity index (χ4n) is 3.18. The first kappa shape index (κ1) is 15.7. The molecule has 122 valence electrons. The zero-order valence-corrected chi connectivity index (χ0v) is 13.8. The smallest absolute Gasteiger partial charge is 0.257 e. The third kappa shape index (κ3) is 3.29. The number of nitrogens with two attached hydrogens (primary N) is 1. The molecular formula is C18H24N4O. The number of amides is 1. The largest absolute Gasteiger partial charge is 0.338 e. The van der Waals surface area contributed by atoms with Crippen LogP contribution in [0.3, 0.4) is 0 Å². The Kier molecular flexibility index (Phi) is 4.48. The predicted molar refractivity (Wildman–Crippen MR) is 90.6 cm³/mol. The van der Waals surface area contributed by atoms with Crippen molar-refractivity contribution in [3.05, 3.63) is 47.8 Å². The summed E-state index contributed by atoms with van der Waals surface area (Å²) in [4.78, 5) is 14.8. The number of carbonyl (C=O) groups excluding carboxylic acids is 1. The highest BCUT2D eigenvalue weighted by Crippen LogP contribution is 2.22. The topological polar surface area (TPSA) is 64.2 Å². The summed E-state index contributed by atoms with van der Waals surface area (Å²) in [5.41, 5.74) is 8.43. The first-order valence-electron chi connectivity index (χ1n) is 8.23. The van der Waals surface area contributed by atoms with Crippen molar-refractivity contribution < 1.29 is 4.79 Å². The van der Waals surface area contributed by atoms with Crippen molar-refractivity contribution in [2.24, 2.45) is 11.7 Å². The third-order valence-corrected chi connectivity index (χ3v) is 4.64. The highest BCUT2D eigenvalue weighted by molar-refractivity contribution is 5.95. The molecule has 1 amide bonds. The zero-order valence-electron chi connectivity index (χ0n) is 13.8. The van der Waals surface area contributed by atoms with E-state index in [9.17, 15) is 4.79 Å². The Bertz CT molecular complexity index is 678.